The first kappa shape index (κ1) is 22.0. The molecule has 7 nitrogen and oxygen atoms in total. The van der Waals surface area contributed by atoms with Crippen LogP contribution in [0.3, 0.4) is 0 Å². The zero-order valence-corrected chi connectivity index (χ0v) is 19.4. The minimum Gasteiger partial charge on any atom is -0.371 e. The molecule has 0 bridgehead atoms. The number of amides is 1. The first-order valence-electron chi connectivity index (χ1n) is 9.99. The molecule has 3 aromatic rings. The highest BCUT2D eigenvalue weighted by atomic mass is 35.5. The zero-order chi connectivity index (χ0) is 22.0. The lowest BCUT2D eigenvalue weighted by Gasteiger charge is -2.30. The third-order valence-electron chi connectivity index (χ3n) is 5.35. The molecule has 1 aliphatic rings. The molecule has 0 unspecified atom stereocenters. The van der Waals surface area contributed by atoms with Crippen molar-refractivity contribution in [3.05, 3.63) is 47.1 Å². The Bertz CT molecular complexity index is 1210. The van der Waals surface area contributed by atoms with Gasteiger partial charge in [0.2, 0.25) is 5.91 Å². The molecule has 1 N–H and O–H groups in total. The van der Waals surface area contributed by atoms with Gasteiger partial charge in [-0.15, -0.1) is 11.3 Å². The Kier molecular flexibility index (Phi) is 6.47. The number of halogens is 1. The van der Waals surface area contributed by atoms with Gasteiger partial charge in [0.15, 0.2) is 0 Å². The topological polar surface area (TPSA) is 82.6 Å². The second kappa shape index (κ2) is 9.12. The largest absolute Gasteiger partial charge is 0.371 e. The van der Waals surface area contributed by atoms with E-state index < -0.39 is 15.9 Å². The van der Waals surface area contributed by atoms with E-state index in [0.717, 1.165) is 45.2 Å². The van der Waals surface area contributed by atoms with Gasteiger partial charge in [0.1, 0.15) is 4.21 Å². The first-order chi connectivity index (χ1) is 14.9. The molecule has 1 aliphatic heterocycles. The van der Waals surface area contributed by atoms with E-state index in [4.69, 9.17) is 11.6 Å². The molecule has 0 atom stereocenters. The van der Waals surface area contributed by atoms with E-state index in [1.54, 1.807) is 12.4 Å². The number of piperidine rings is 1. The lowest BCUT2D eigenvalue weighted by Crippen LogP contribution is -2.34. The molecular formula is C21H23ClN4O3S2. The van der Waals surface area contributed by atoms with Gasteiger partial charge in [0.25, 0.3) is 10.0 Å². The number of anilines is 2. The number of carbonyl (C=O) groups is 1. The van der Waals surface area contributed by atoms with Crippen molar-refractivity contribution in [1.82, 2.24) is 9.29 Å². The number of hydrogen-bond donors (Lipinski definition) is 1. The monoisotopic (exact) mass is 478 g/mol. The van der Waals surface area contributed by atoms with Gasteiger partial charge in [-0.2, -0.15) is 4.31 Å². The number of sulfonamides is 1. The van der Waals surface area contributed by atoms with Gasteiger partial charge < -0.3 is 10.2 Å². The van der Waals surface area contributed by atoms with E-state index in [0.29, 0.717) is 10.0 Å². The maximum absolute atomic E-state index is 12.7. The van der Waals surface area contributed by atoms with Crippen molar-refractivity contribution in [2.24, 2.45) is 0 Å². The summed E-state index contributed by atoms with van der Waals surface area (Å²) in [6.45, 7) is 1.71. The predicted octanol–water partition coefficient (Wildman–Crippen LogP) is 4.20. The fraction of sp³-hybridized carbons (Fsp3) is 0.333. The Morgan fingerprint density at radius 1 is 1.16 bits per heavy atom. The van der Waals surface area contributed by atoms with Crippen molar-refractivity contribution in [3.63, 3.8) is 0 Å². The molecule has 0 radical (unpaired) electrons. The summed E-state index contributed by atoms with van der Waals surface area (Å²) in [5, 5.41) is 4.69. The van der Waals surface area contributed by atoms with Gasteiger partial charge in [0, 0.05) is 49.0 Å². The van der Waals surface area contributed by atoms with Gasteiger partial charge in [-0.3, -0.25) is 9.78 Å². The molecule has 1 saturated heterocycles. The number of thiophene rings is 1. The summed E-state index contributed by atoms with van der Waals surface area (Å²) >= 11 is 6.82. The number of rotatable bonds is 6. The number of likely N-dealkylation sites (N-methyl/N-ethyl adjacent to an activating group) is 1. The van der Waals surface area contributed by atoms with Crippen molar-refractivity contribution >= 4 is 61.0 Å². The smallest absolute Gasteiger partial charge is 0.252 e. The molecule has 3 heterocycles. The van der Waals surface area contributed by atoms with Crippen molar-refractivity contribution < 1.29 is 13.2 Å². The van der Waals surface area contributed by atoms with Crippen LogP contribution in [-0.2, 0) is 14.8 Å². The second-order valence-corrected chi connectivity index (χ2v) is 11.5. The number of carbonyl (C=O) groups excluding carboxylic acids is 1. The number of hydrogen-bond acceptors (Lipinski definition) is 6. The maximum Gasteiger partial charge on any atom is 0.252 e. The zero-order valence-electron chi connectivity index (χ0n) is 17.0. The Labute approximate surface area is 190 Å². The first-order valence-corrected chi connectivity index (χ1v) is 12.6. The Balaban J connectivity index is 1.54. The molecule has 1 aromatic carbocycles. The van der Waals surface area contributed by atoms with Crippen LogP contribution in [0.1, 0.15) is 19.3 Å². The summed E-state index contributed by atoms with van der Waals surface area (Å²) in [5.74, 6) is -0.426. The van der Waals surface area contributed by atoms with E-state index in [1.807, 2.05) is 18.2 Å². The fourth-order valence-corrected chi connectivity index (χ4v) is 6.58. The number of pyridine rings is 1. The van der Waals surface area contributed by atoms with Crippen LogP contribution in [0.4, 0.5) is 11.4 Å². The highest BCUT2D eigenvalue weighted by Crippen LogP contribution is 2.33. The van der Waals surface area contributed by atoms with Crippen LogP contribution < -0.4 is 10.2 Å². The van der Waals surface area contributed by atoms with E-state index in [-0.39, 0.29) is 10.8 Å². The standard InChI is InChI=1S/C21H23ClN4O3S2/c1-25(31(28,29)21-8-7-19(22)30-21)14-20(27)24-17-5-6-18(26-11-3-2-4-12-26)15-9-10-23-13-16(15)17/h5-10,13H,2-4,11-12,14H2,1H3,(H,24,27). The average molecular weight is 479 g/mol. The molecule has 164 valence electrons. The molecule has 31 heavy (non-hydrogen) atoms. The van der Waals surface area contributed by atoms with Crippen LogP contribution in [-0.4, -0.2) is 50.3 Å². The van der Waals surface area contributed by atoms with Crippen molar-refractivity contribution in [2.75, 3.05) is 36.9 Å². The van der Waals surface area contributed by atoms with Crippen LogP contribution in [0, 0.1) is 0 Å². The highest BCUT2D eigenvalue weighted by molar-refractivity contribution is 7.91. The van der Waals surface area contributed by atoms with Gasteiger partial charge in [-0.1, -0.05) is 11.6 Å². The van der Waals surface area contributed by atoms with Crippen LogP contribution >= 0.6 is 22.9 Å². The molecule has 10 heteroatoms. The number of fused-ring (bicyclic) bond motifs is 1. The number of benzene rings is 1. The molecule has 1 fully saturated rings. The molecule has 0 aliphatic carbocycles. The van der Waals surface area contributed by atoms with Crippen LogP contribution in [0.5, 0.6) is 0 Å². The summed E-state index contributed by atoms with van der Waals surface area (Å²) < 4.78 is 26.8. The van der Waals surface area contributed by atoms with Gasteiger partial charge in [0.05, 0.1) is 16.6 Å². The second-order valence-electron chi connectivity index (χ2n) is 7.47. The summed E-state index contributed by atoms with van der Waals surface area (Å²) in [5.41, 5.74) is 1.74. The SMILES string of the molecule is CN(CC(=O)Nc1ccc(N2CCCCC2)c2ccncc12)S(=O)(=O)c1ccc(Cl)s1. The Morgan fingerprint density at radius 3 is 2.65 bits per heavy atom. The van der Waals surface area contributed by atoms with Crippen LogP contribution in [0.15, 0.2) is 46.9 Å². The van der Waals surface area contributed by atoms with E-state index >= 15 is 0 Å². The average Bonchev–Trinajstić information content (AvgIpc) is 3.21. The molecule has 2 aromatic heterocycles. The Hall–Kier alpha value is -2.20. The summed E-state index contributed by atoms with van der Waals surface area (Å²) in [6.07, 6.45) is 7.06. The van der Waals surface area contributed by atoms with Crippen LogP contribution in [0.25, 0.3) is 10.8 Å². The third kappa shape index (κ3) is 4.69. The van der Waals surface area contributed by atoms with E-state index in [9.17, 15) is 13.2 Å². The summed E-state index contributed by atoms with van der Waals surface area (Å²) in [6, 6.07) is 8.79. The normalized spacial score (nSPS) is 14.9. The van der Waals surface area contributed by atoms with Crippen LogP contribution in [0.2, 0.25) is 4.34 Å². The lowest BCUT2D eigenvalue weighted by molar-refractivity contribution is -0.116. The molecule has 0 saturated carbocycles. The lowest BCUT2D eigenvalue weighted by atomic mass is 10.1. The minimum atomic E-state index is -3.78. The fourth-order valence-electron chi connectivity index (χ4n) is 3.76. The minimum absolute atomic E-state index is 0.105. The van der Waals surface area contributed by atoms with E-state index in [1.165, 1.54) is 38.4 Å². The van der Waals surface area contributed by atoms with Gasteiger partial charge >= 0.3 is 0 Å². The molecule has 1 amide bonds. The number of nitrogens with zero attached hydrogens (tertiary/aromatic N) is 3. The van der Waals surface area contributed by atoms with E-state index in [2.05, 4.69) is 15.2 Å². The van der Waals surface area contributed by atoms with Crippen molar-refractivity contribution in [3.8, 4) is 0 Å². The quantitative estimate of drug-likeness (QED) is 0.574. The third-order valence-corrected chi connectivity index (χ3v) is 8.85. The Morgan fingerprint density at radius 2 is 1.94 bits per heavy atom. The van der Waals surface area contributed by atoms with Crippen molar-refractivity contribution in [1.29, 1.82) is 0 Å². The van der Waals surface area contributed by atoms with Gasteiger partial charge in [-0.05, 0) is 49.6 Å². The molecular weight excluding hydrogens is 456 g/mol. The predicted molar refractivity (Wildman–Crippen MR) is 126 cm³/mol. The van der Waals surface area contributed by atoms with Gasteiger partial charge in [-0.25, -0.2) is 8.42 Å². The number of aromatic nitrogens is 1. The number of nitrogens with one attached hydrogen (secondary N) is 1. The summed E-state index contributed by atoms with van der Waals surface area (Å²) in [7, 11) is -2.41. The molecule has 4 rings (SSSR count). The summed E-state index contributed by atoms with van der Waals surface area (Å²) in [4.78, 5) is 19.3. The highest BCUT2D eigenvalue weighted by Gasteiger charge is 2.25. The van der Waals surface area contributed by atoms with Crippen molar-refractivity contribution in [2.45, 2.75) is 23.5 Å². The maximum atomic E-state index is 12.7. The molecule has 0 spiro atoms.